The van der Waals surface area contributed by atoms with Crippen LogP contribution in [-0.4, -0.2) is 142 Å². The molecule has 0 aliphatic heterocycles. The normalized spacial score (nSPS) is 18.8. The zero-order valence-corrected chi connectivity index (χ0v) is 19.6. The molecule has 1 aliphatic carbocycles. The van der Waals surface area contributed by atoms with E-state index in [1.165, 1.54) is 4.90 Å². The van der Waals surface area contributed by atoms with Crippen molar-refractivity contribution in [3.63, 3.8) is 0 Å². The van der Waals surface area contributed by atoms with Gasteiger partial charge in [0.2, 0.25) is 0 Å². The van der Waals surface area contributed by atoms with Gasteiger partial charge in [0.25, 0.3) is 0 Å². The van der Waals surface area contributed by atoms with Crippen molar-refractivity contribution in [3.05, 3.63) is 0 Å². The van der Waals surface area contributed by atoms with E-state index in [2.05, 4.69) is 4.90 Å². The van der Waals surface area contributed by atoms with Crippen LogP contribution in [0.5, 0.6) is 0 Å². The van der Waals surface area contributed by atoms with Gasteiger partial charge >= 0.3 is 23.9 Å². The maximum Gasteiger partial charge on any atom is 0.317 e. The minimum atomic E-state index is -1.07. The molecule has 0 saturated heterocycles. The van der Waals surface area contributed by atoms with Crippen LogP contribution in [0.4, 0.5) is 0 Å². The van der Waals surface area contributed by atoms with Crippen LogP contribution in [0.25, 0.3) is 0 Å². The molecular formula is C21H38N4O8. The molecule has 33 heavy (non-hydrogen) atoms. The molecule has 0 amide bonds. The van der Waals surface area contributed by atoms with Gasteiger partial charge in [-0.15, -0.1) is 0 Å². The molecule has 190 valence electrons. The summed E-state index contributed by atoms with van der Waals surface area (Å²) in [6.45, 7) is 1.08. The molecule has 2 atom stereocenters. The lowest BCUT2D eigenvalue weighted by molar-refractivity contribution is -0.145. The van der Waals surface area contributed by atoms with E-state index in [-0.39, 0.29) is 38.3 Å². The number of carbonyl (C=O) groups is 4. The van der Waals surface area contributed by atoms with Crippen LogP contribution in [0.15, 0.2) is 0 Å². The highest BCUT2D eigenvalue weighted by Gasteiger charge is 2.34. The summed E-state index contributed by atoms with van der Waals surface area (Å²) in [6.07, 6.45) is 4.41. The summed E-state index contributed by atoms with van der Waals surface area (Å²) >= 11 is 0. The largest absolute Gasteiger partial charge is 0.480 e. The molecule has 0 aromatic heterocycles. The number of aliphatic carboxylic acids is 4. The van der Waals surface area contributed by atoms with E-state index in [9.17, 15) is 29.4 Å². The molecule has 1 rings (SSSR count). The lowest BCUT2D eigenvalue weighted by atomic mass is 9.88. The first kappa shape index (κ1) is 28.8. The first-order chi connectivity index (χ1) is 15.5. The summed E-state index contributed by atoms with van der Waals surface area (Å²) in [5, 5.41) is 36.3. The van der Waals surface area contributed by atoms with Crippen molar-refractivity contribution in [1.29, 1.82) is 0 Å². The van der Waals surface area contributed by atoms with E-state index in [4.69, 9.17) is 10.2 Å². The Morgan fingerprint density at radius 3 is 1.64 bits per heavy atom. The molecule has 0 aromatic carbocycles. The molecular weight excluding hydrogens is 436 g/mol. The van der Waals surface area contributed by atoms with Crippen molar-refractivity contribution in [1.82, 2.24) is 19.6 Å². The fraction of sp³-hybridized carbons (Fsp3) is 0.810. The van der Waals surface area contributed by atoms with E-state index in [1.54, 1.807) is 4.90 Å². The highest BCUT2D eigenvalue weighted by Crippen LogP contribution is 2.27. The molecule has 1 aliphatic rings. The van der Waals surface area contributed by atoms with E-state index < -0.39 is 23.9 Å². The maximum atomic E-state index is 11.3. The van der Waals surface area contributed by atoms with Crippen molar-refractivity contribution < 1.29 is 39.6 Å². The van der Waals surface area contributed by atoms with Crippen LogP contribution in [-0.2, 0) is 19.2 Å². The van der Waals surface area contributed by atoms with E-state index in [0.29, 0.717) is 13.1 Å². The molecule has 0 bridgehead atoms. The van der Waals surface area contributed by atoms with Crippen molar-refractivity contribution >= 4 is 23.9 Å². The zero-order chi connectivity index (χ0) is 25.0. The third-order valence-electron chi connectivity index (χ3n) is 5.97. The van der Waals surface area contributed by atoms with E-state index in [1.807, 2.05) is 19.0 Å². The fourth-order valence-corrected chi connectivity index (χ4v) is 4.45. The summed E-state index contributed by atoms with van der Waals surface area (Å²) in [4.78, 5) is 51.5. The summed E-state index contributed by atoms with van der Waals surface area (Å²) in [6, 6.07) is -0.0568. The smallest absolute Gasteiger partial charge is 0.317 e. The van der Waals surface area contributed by atoms with Gasteiger partial charge < -0.3 is 30.2 Å². The van der Waals surface area contributed by atoms with E-state index in [0.717, 1.165) is 45.2 Å². The van der Waals surface area contributed by atoms with Crippen LogP contribution >= 0.6 is 0 Å². The predicted octanol–water partition coefficient (Wildman–Crippen LogP) is -0.506. The van der Waals surface area contributed by atoms with E-state index >= 15 is 0 Å². The van der Waals surface area contributed by atoms with Crippen molar-refractivity contribution in [2.24, 2.45) is 0 Å². The fourth-order valence-electron chi connectivity index (χ4n) is 4.45. The molecule has 1 fully saturated rings. The summed E-state index contributed by atoms with van der Waals surface area (Å²) < 4.78 is 0. The lowest BCUT2D eigenvalue weighted by Gasteiger charge is -2.43. The molecule has 12 heteroatoms. The lowest BCUT2D eigenvalue weighted by Crippen LogP contribution is -2.55. The standard InChI is InChI=1S/C21H38N4O8/c1-22(10-11-24(12-18(26)27)13-19(28)29)8-5-9-23(2)16-6-3-4-7-17(16)25(14-20(30)31)15-21(32)33/h16-17H,3-15H2,1-2H3,(H,26,27)(H,28,29)(H,30,31)(H,32,33). The minimum absolute atomic E-state index is 0.0735. The van der Waals surface area contributed by atoms with Gasteiger partial charge in [0.05, 0.1) is 26.2 Å². The second-order valence-corrected chi connectivity index (χ2v) is 8.75. The highest BCUT2D eigenvalue weighted by atomic mass is 16.4. The van der Waals surface area contributed by atoms with Gasteiger partial charge in [-0.3, -0.25) is 29.0 Å². The zero-order valence-electron chi connectivity index (χ0n) is 19.6. The quantitative estimate of drug-likeness (QED) is 0.214. The Bertz CT molecular complexity index is 630. The van der Waals surface area contributed by atoms with Gasteiger partial charge in [-0.1, -0.05) is 12.8 Å². The second-order valence-electron chi connectivity index (χ2n) is 8.75. The number of likely N-dealkylation sites (N-methyl/N-ethyl adjacent to an activating group) is 2. The highest BCUT2D eigenvalue weighted by molar-refractivity contribution is 5.73. The van der Waals surface area contributed by atoms with Crippen molar-refractivity contribution in [3.8, 4) is 0 Å². The molecule has 1 saturated carbocycles. The van der Waals surface area contributed by atoms with Crippen LogP contribution in [0.2, 0.25) is 0 Å². The number of hydrogen-bond acceptors (Lipinski definition) is 8. The van der Waals surface area contributed by atoms with Crippen LogP contribution in [0.1, 0.15) is 32.1 Å². The average Bonchev–Trinajstić information content (AvgIpc) is 2.70. The first-order valence-electron chi connectivity index (χ1n) is 11.2. The van der Waals surface area contributed by atoms with Crippen molar-refractivity contribution in [2.75, 3.05) is 66.5 Å². The van der Waals surface area contributed by atoms with Crippen molar-refractivity contribution in [2.45, 2.75) is 44.2 Å². The maximum absolute atomic E-state index is 11.3. The van der Waals surface area contributed by atoms with Gasteiger partial charge in [-0.25, -0.2) is 0 Å². The third-order valence-corrected chi connectivity index (χ3v) is 5.97. The summed E-state index contributed by atoms with van der Waals surface area (Å²) in [5.41, 5.74) is 0. The van der Waals surface area contributed by atoms with Gasteiger partial charge in [-0.05, 0) is 46.4 Å². The van der Waals surface area contributed by atoms with Gasteiger partial charge in [0.1, 0.15) is 0 Å². The molecule has 12 nitrogen and oxygen atoms in total. The Balaban J connectivity index is 2.56. The van der Waals surface area contributed by atoms with Crippen LogP contribution in [0.3, 0.4) is 0 Å². The van der Waals surface area contributed by atoms with Crippen LogP contribution in [0, 0.1) is 0 Å². The number of rotatable bonds is 17. The third kappa shape index (κ3) is 11.9. The average molecular weight is 475 g/mol. The Morgan fingerprint density at radius 1 is 0.667 bits per heavy atom. The molecule has 0 spiro atoms. The summed E-state index contributed by atoms with van der Waals surface area (Å²) in [5.74, 6) is -4.21. The number of nitrogens with zero attached hydrogens (tertiary/aromatic N) is 4. The number of carboxylic acids is 4. The first-order valence-corrected chi connectivity index (χ1v) is 11.2. The Hall–Kier alpha value is -2.28. The number of carboxylic acid groups (broad SMARTS) is 4. The molecule has 4 N–H and O–H groups in total. The SMILES string of the molecule is CN(CCCN(C)C1CCCCC1N(CC(=O)O)CC(=O)O)CCN(CC(=O)O)CC(=O)O. The Morgan fingerprint density at radius 2 is 1.15 bits per heavy atom. The van der Waals surface area contributed by atoms with Gasteiger partial charge in [0.15, 0.2) is 0 Å². The molecule has 0 heterocycles. The monoisotopic (exact) mass is 474 g/mol. The second kappa shape index (κ2) is 14.8. The molecule has 2 unspecified atom stereocenters. The Kier molecular flexibility index (Phi) is 12.9. The Labute approximate surface area is 194 Å². The minimum Gasteiger partial charge on any atom is -0.480 e. The van der Waals surface area contributed by atoms with Crippen LogP contribution < -0.4 is 0 Å². The molecule has 0 radical (unpaired) electrons. The van der Waals surface area contributed by atoms with Gasteiger partial charge in [0, 0.05) is 25.2 Å². The molecule has 0 aromatic rings. The summed E-state index contributed by atoms with van der Waals surface area (Å²) in [7, 11) is 3.87. The van der Waals surface area contributed by atoms with Gasteiger partial charge in [-0.2, -0.15) is 0 Å². The number of hydrogen-bond donors (Lipinski definition) is 4. The topological polar surface area (TPSA) is 162 Å². The predicted molar refractivity (Wildman–Crippen MR) is 119 cm³/mol.